The van der Waals surface area contributed by atoms with E-state index in [1.165, 1.54) is 0 Å². The van der Waals surface area contributed by atoms with Crippen molar-refractivity contribution in [3.05, 3.63) is 64.4 Å². The molecule has 0 spiro atoms. The Balaban J connectivity index is 0.000000250. The third-order valence-electron chi connectivity index (χ3n) is 4.22. The Labute approximate surface area is 241 Å². The number of hydrogen-bond acceptors (Lipinski definition) is 12. The Bertz CT molecular complexity index is 1260. The molecule has 5 N–H and O–H groups in total. The van der Waals surface area contributed by atoms with Gasteiger partial charge in [0, 0.05) is 17.9 Å². The molecule has 208 valence electrons. The number of rotatable bonds is 8. The topological polar surface area (TPSA) is 158 Å². The number of ether oxygens (including phenoxy) is 2. The molecule has 0 aliphatic rings. The monoisotopic (exact) mass is 594 g/mol. The molecule has 2 heterocycles. The summed E-state index contributed by atoms with van der Waals surface area (Å²) in [4.78, 5) is 23.6. The predicted octanol–water partition coefficient (Wildman–Crippen LogP) is 5.60. The zero-order valence-corrected chi connectivity index (χ0v) is 24.0. The molecule has 4 rings (SSSR count). The zero-order chi connectivity index (χ0) is 28.6. The van der Waals surface area contributed by atoms with Gasteiger partial charge in [0.1, 0.15) is 11.5 Å². The van der Waals surface area contributed by atoms with E-state index in [1.54, 1.807) is 14.2 Å². The van der Waals surface area contributed by atoms with Gasteiger partial charge in [-0.25, -0.2) is 0 Å². The van der Waals surface area contributed by atoms with E-state index in [-0.39, 0.29) is 15.9 Å². The lowest BCUT2D eigenvalue weighted by atomic mass is 10.3. The summed E-state index contributed by atoms with van der Waals surface area (Å²) in [5.74, 6) is 2.68. The largest absolute Gasteiger partial charge is 0.497 e. The van der Waals surface area contributed by atoms with Gasteiger partial charge in [0.25, 0.3) is 0 Å². The van der Waals surface area contributed by atoms with Crippen LogP contribution in [0.1, 0.15) is 13.8 Å². The van der Waals surface area contributed by atoms with E-state index in [0.717, 1.165) is 29.4 Å². The van der Waals surface area contributed by atoms with Gasteiger partial charge in [0.15, 0.2) is 0 Å². The van der Waals surface area contributed by atoms with Crippen LogP contribution in [0.15, 0.2) is 48.5 Å². The standard InChI is InChI=1S/C12H14ClN5O.C10H8Cl2N4O.C2H7N/c1-3-14-11-16-10(13)17-12(18-11)15-8-4-6-9(19-2)7-5-8;1-17-7-4-2-6(3-5-7)13-10-15-8(11)14-9(12)16-10;1-2-3/h4-7H,3H2,1-2H3,(H2,14,15,16,17,18);2-5H,1H3,(H,13,14,15,16);2-3H2,1H3. The van der Waals surface area contributed by atoms with Gasteiger partial charge < -0.3 is 31.2 Å². The van der Waals surface area contributed by atoms with E-state index >= 15 is 0 Å². The van der Waals surface area contributed by atoms with E-state index in [2.05, 4.69) is 45.9 Å². The fraction of sp³-hybridized carbons (Fsp3) is 0.250. The molecule has 0 aliphatic heterocycles. The van der Waals surface area contributed by atoms with Crippen LogP contribution >= 0.6 is 34.8 Å². The molecule has 12 nitrogen and oxygen atoms in total. The van der Waals surface area contributed by atoms with Crippen molar-refractivity contribution in [2.24, 2.45) is 5.73 Å². The minimum atomic E-state index is 0.0426. The summed E-state index contributed by atoms with van der Waals surface area (Å²) in [6.07, 6.45) is 0. The van der Waals surface area contributed by atoms with Crippen molar-refractivity contribution in [1.29, 1.82) is 0 Å². The van der Waals surface area contributed by atoms with E-state index in [4.69, 9.17) is 50.0 Å². The minimum Gasteiger partial charge on any atom is -0.497 e. The Morgan fingerprint density at radius 3 is 1.36 bits per heavy atom. The highest BCUT2D eigenvalue weighted by atomic mass is 35.5. The molecular formula is C24H29Cl3N10O2. The predicted molar refractivity (Wildman–Crippen MR) is 156 cm³/mol. The summed E-state index contributed by atoms with van der Waals surface area (Å²) in [5, 5.41) is 9.21. The van der Waals surface area contributed by atoms with Crippen molar-refractivity contribution in [2.45, 2.75) is 13.8 Å². The lowest BCUT2D eigenvalue weighted by molar-refractivity contribution is 0.415. The van der Waals surface area contributed by atoms with Crippen LogP contribution in [-0.2, 0) is 0 Å². The first-order valence-electron chi connectivity index (χ1n) is 11.5. The van der Waals surface area contributed by atoms with Crippen LogP contribution in [0.2, 0.25) is 15.9 Å². The van der Waals surface area contributed by atoms with E-state index in [9.17, 15) is 0 Å². The summed E-state index contributed by atoms with van der Waals surface area (Å²) in [5.41, 5.74) is 6.48. The van der Waals surface area contributed by atoms with Gasteiger partial charge >= 0.3 is 0 Å². The number of aromatic nitrogens is 6. The SMILES string of the molecule is CCN.CCNc1nc(Cl)nc(Nc2ccc(OC)cc2)n1.COc1ccc(Nc2nc(Cl)nc(Cl)n2)cc1. The average molecular weight is 596 g/mol. The minimum absolute atomic E-state index is 0.0426. The van der Waals surface area contributed by atoms with Crippen molar-refractivity contribution in [2.75, 3.05) is 43.3 Å². The molecule has 15 heteroatoms. The molecule has 0 unspecified atom stereocenters. The van der Waals surface area contributed by atoms with Crippen molar-refractivity contribution in [1.82, 2.24) is 29.9 Å². The van der Waals surface area contributed by atoms with Gasteiger partial charge in [-0.1, -0.05) is 6.92 Å². The second-order valence-corrected chi connectivity index (χ2v) is 8.11. The van der Waals surface area contributed by atoms with Gasteiger partial charge in [0.2, 0.25) is 33.7 Å². The number of nitrogens with two attached hydrogens (primary N) is 1. The third-order valence-corrected chi connectivity index (χ3v) is 4.72. The van der Waals surface area contributed by atoms with E-state index < -0.39 is 0 Å². The number of nitrogens with one attached hydrogen (secondary N) is 3. The smallest absolute Gasteiger partial charge is 0.233 e. The molecular weight excluding hydrogens is 567 g/mol. The maximum Gasteiger partial charge on any atom is 0.233 e. The molecule has 39 heavy (non-hydrogen) atoms. The molecule has 2 aromatic carbocycles. The summed E-state index contributed by atoms with van der Waals surface area (Å²) in [6.45, 7) is 5.32. The summed E-state index contributed by atoms with van der Waals surface area (Å²) < 4.78 is 10.1. The number of nitrogens with zero attached hydrogens (tertiary/aromatic N) is 6. The van der Waals surface area contributed by atoms with Crippen molar-refractivity contribution >= 4 is 64.0 Å². The fourth-order valence-electron chi connectivity index (χ4n) is 2.63. The Morgan fingerprint density at radius 1 is 0.615 bits per heavy atom. The van der Waals surface area contributed by atoms with Crippen LogP contribution in [0.4, 0.5) is 29.2 Å². The second kappa shape index (κ2) is 17.0. The highest BCUT2D eigenvalue weighted by molar-refractivity contribution is 6.31. The Morgan fingerprint density at radius 2 is 0.974 bits per heavy atom. The molecule has 0 radical (unpaired) electrons. The van der Waals surface area contributed by atoms with Crippen LogP contribution < -0.4 is 31.2 Å². The van der Waals surface area contributed by atoms with Crippen LogP contribution in [0.5, 0.6) is 11.5 Å². The molecule has 2 aromatic heterocycles. The van der Waals surface area contributed by atoms with Crippen molar-refractivity contribution in [3.63, 3.8) is 0 Å². The zero-order valence-electron chi connectivity index (χ0n) is 21.7. The second-order valence-electron chi connectivity index (χ2n) is 7.09. The quantitative estimate of drug-likeness (QED) is 0.200. The molecule has 0 saturated carbocycles. The maximum atomic E-state index is 5.84. The molecule has 0 aliphatic carbocycles. The third kappa shape index (κ3) is 11.7. The first-order valence-corrected chi connectivity index (χ1v) is 12.7. The van der Waals surface area contributed by atoms with E-state index in [0.29, 0.717) is 24.4 Å². The number of benzene rings is 2. The lowest BCUT2D eigenvalue weighted by Crippen LogP contribution is -2.06. The molecule has 4 aromatic rings. The maximum absolute atomic E-state index is 5.84. The Hall–Kier alpha value is -3.71. The van der Waals surface area contributed by atoms with E-state index in [1.807, 2.05) is 62.4 Å². The van der Waals surface area contributed by atoms with Crippen molar-refractivity contribution in [3.8, 4) is 11.5 Å². The average Bonchev–Trinajstić information content (AvgIpc) is 2.90. The number of anilines is 5. The first kappa shape index (κ1) is 31.5. The normalized spacial score (nSPS) is 9.74. The molecule has 0 bridgehead atoms. The highest BCUT2D eigenvalue weighted by Crippen LogP contribution is 2.20. The summed E-state index contributed by atoms with van der Waals surface area (Å²) in [7, 11) is 3.23. The van der Waals surface area contributed by atoms with Crippen LogP contribution in [0.25, 0.3) is 0 Å². The van der Waals surface area contributed by atoms with Gasteiger partial charge in [-0.15, -0.1) is 0 Å². The van der Waals surface area contributed by atoms with Gasteiger partial charge in [0.05, 0.1) is 14.2 Å². The first-order chi connectivity index (χ1) is 18.8. The van der Waals surface area contributed by atoms with Gasteiger partial charge in [-0.2, -0.15) is 29.9 Å². The molecule has 0 fully saturated rings. The fourth-order valence-corrected chi connectivity index (χ4v) is 3.16. The van der Waals surface area contributed by atoms with Gasteiger partial charge in [-0.3, -0.25) is 0 Å². The van der Waals surface area contributed by atoms with Gasteiger partial charge in [-0.05, 0) is 96.8 Å². The summed E-state index contributed by atoms with van der Waals surface area (Å²) >= 11 is 17.2. The molecule has 0 amide bonds. The number of methoxy groups -OCH3 is 2. The van der Waals surface area contributed by atoms with Crippen LogP contribution in [0, 0.1) is 0 Å². The lowest BCUT2D eigenvalue weighted by Gasteiger charge is -2.07. The number of halogens is 3. The van der Waals surface area contributed by atoms with Crippen LogP contribution in [0.3, 0.4) is 0 Å². The molecule has 0 saturated heterocycles. The van der Waals surface area contributed by atoms with Crippen molar-refractivity contribution < 1.29 is 9.47 Å². The molecule has 0 atom stereocenters. The highest BCUT2D eigenvalue weighted by Gasteiger charge is 2.05. The Kier molecular flexibility index (Phi) is 13.7. The summed E-state index contributed by atoms with van der Waals surface area (Å²) in [6, 6.07) is 14.7. The number of hydrogen-bond donors (Lipinski definition) is 4. The van der Waals surface area contributed by atoms with Crippen LogP contribution in [-0.4, -0.2) is 57.2 Å².